The Morgan fingerprint density at radius 3 is 2.49 bits per heavy atom. The van der Waals surface area contributed by atoms with Gasteiger partial charge in [0.1, 0.15) is 5.82 Å². The van der Waals surface area contributed by atoms with E-state index >= 15 is 0 Å². The Bertz CT molecular complexity index is 1640. The maximum atomic E-state index is 14.1. The number of carboxylic acids is 1. The predicted octanol–water partition coefficient (Wildman–Crippen LogP) is 3.80. The first kappa shape index (κ1) is 25.7. The van der Waals surface area contributed by atoms with Crippen LogP contribution in [0.5, 0.6) is 0 Å². The van der Waals surface area contributed by atoms with Crippen molar-refractivity contribution in [3.8, 4) is 17.1 Å². The molecule has 5 aromatic rings. The molecule has 3 heterocycles. The Kier molecular flexibility index (Phi) is 6.90. The van der Waals surface area contributed by atoms with Gasteiger partial charge in [0.2, 0.25) is 0 Å². The quantitative estimate of drug-likeness (QED) is 0.306. The molecule has 2 aromatic carbocycles. The smallest absolute Gasteiger partial charge is 0.475 e. The Labute approximate surface area is 206 Å². The molecule has 37 heavy (non-hydrogen) atoms. The molecule has 3 aromatic heterocycles. The molecular formula is C24H22F4N6O3. The molecule has 0 radical (unpaired) electrons. The SMILES string of the molecule is Cn1cc(-c2n[nH]c(=O)n2-c2cn(CCCN)c3ccc(F)cc23)c2ccccc21.O=C(O)C(F)(F)F. The molecule has 0 bridgehead atoms. The molecule has 0 unspecified atom stereocenters. The fourth-order valence-electron chi connectivity index (χ4n) is 4.10. The highest BCUT2D eigenvalue weighted by molar-refractivity contribution is 5.96. The minimum absolute atomic E-state index is 0.358. The Hall–Kier alpha value is -4.39. The van der Waals surface area contributed by atoms with Gasteiger partial charge in [-0.25, -0.2) is 23.6 Å². The van der Waals surface area contributed by atoms with Crippen LogP contribution in [-0.4, -0.2) is 47.7 Å². The van der Waals surface area contributed by atoms with Gasteiger partial charge in [-0.15, -0.1) is 0 Å². The van der Waals surface area contributed by atoms with Crippen molar-refractivity contribution in [3.05, 3.63) is 71.2 Å². The summed E-state index contributed by atoms with van der Waals surface area (Å²) in [5.41, 5.74) is 8.59. The van der Waals surface area contributed by atoms with Gasteiger partial charge in [-0.2, -0.15) is 18.3 Å². The summed E-state index contributed by atoms with van der Waals surface area (Å²) in [6.07, 6.45) is -0.493. The third-order valence-corrected chi connectivity index (χ3v) is 5.72. The number of hydrogen-bond acceptors (Lipinski definition) is 4. The summed E-state index contributed by atoms with van der Waals surface area (Å²) in [5.74, 6) is -2.63. The maximum absolute atomic E-state index is 14.1. The lowest BCUT2D eigenvalue weighted by Gasteiger charge is -2.04. The summed E-state index contributed by atoms with van der Waals surface area (Å²) in [6, 6.07) is 12.5. The van der Waals surface area contributed by atoms with Crippen molar-refractivity contribution in [2.24, 2.45) is 12.8 Å². The van der Waals surface area contributed by atoms with Crippen LogP contribution >= 0.6 is 0 Å². The van der Waals surface area contributed by atoms with Gasteiger partial charge in [-0.1, -0.05) is 18.2 Å². The Morgan fingerprint density at radius 2 is 1.81 bits per heavy atom. The number of aromatic nitrogens is 5. The van der Waals surface area contributed by atoms with Gasteiger partial charge in [-0.05, 0) is 37.2 Å². The standard InChI is InChI=1S/C22H21FN6O.C2HF3O2/c1-27-12-17(15-5-2-3-6-18(15)27)21-25-26-22(30)29(21)20-13-28(10-4-9-24)19-8-7-14(23)11-16(19)20;3-2(4,5)1(6)7/h2-3,5-8,11-13H,4,9-10,24H2,1H3,(H,26,30);(H,6,7). The summed E-state index contributed by atoms with van der Waals surface area (Å²) in [7, 11) is 1.95. The van der Waals surface area contributed by atoms with Gasteiger partial charge in [-0.3, -0.25) is 0 Å². The molecule has 4 N–H and O–H groups in total. The molecule has 5 rings (SSSR count). The van der Waals surface area contributed by atoms with E-state index in [1.807, 2.05) is 52.8 Å². The van der Waals surface area contributed by atoms with Gasteiger partial charge in [0.05, 0.1) is 11.2 Å². The number of para-hydroxylation sites is 1. The number of nitrogens with two attached hydrogens (primary N) is 1. The lowest BCUT2D eigenvalue weighted by molar-refractivity contribution is -0.192. The fraction of sp³-hybridized carbons (Fsp3) is 0.208. The van der Waals surface area contributed by atoms with Gasteiger partial charge in [0.25, 0.3) is 0 Å². The molecule has 0 saturated carbocycles. The van der Waals surface area contributed by atoms with Crippen molar-refractivity contribution in [1.29, 1.82) is 0 Å². The van der Waals surface area contributed by atoms with Crippen molar-refractivity contribution < 1.29 is 27.5 Å². The first-order valence-corrected chi connectivity index (χ1v) is 11.0. The van der Waals surface area contributed by atoms with E-state index in [-0.39, 0.29) is 11.5 Å². The zero-order valence-corrected chi connectivity index (χ0v) is 19.5. The molecule has 0 aliphatic carbocycles. The van der Waals surface area contributed by atoms with Crippen LogP contribution in [0.3, 0.4) is 0 Å². The molecule has 0 aliphatic rings. The minimum atomic E-state index is -5.08. The van der Waals surface area contributed by atoms with Crippen LogP contribution in [0.25, 0.3) is 38.9 Å². The molecule has 0 saturated heterocycles. The number of halogens is 4. The maximum Gasteiger partial charge on any atom is 0.490 e. The van der Waals surface area contributed by atoms with Crippen LogP contribution in [0.4, 0.5) is 17.6 Å². The first-order valence-electron chi connectivity index (χ1n) is 11.0. The van der Waals surface area contributed by atoms with Gasteiger partial charge in [0, 0.05) is 47.8 Å². The second-order valence-electron chi connectivity index (χ2n) is 8.17. The Morgan fingerprint density at radius 1 is 1.11 bits per heavy atom. The summed E-state index contributed by atoms with van der Waals surface area (Å²) >= 11 is 0. The zero-order chi connectivity index (χ0) is 26.9. The number of rotatable bonds is 5. The number of fused-ring (bicyclic) bond motifs is 2. The van der Waals surface area contributed by atoms with Crippen LogP contribution < -0.4 is 11.4 Å². The minimum Gasteiger partial charge on any atom is -0.475 e. The number of carboxylic acid groups (broad SMARTS) is 1. The van der Waals surface area contributed by atoms with E-state index in [0.717, 1.165) is 28.4 Å². The van der Waals surface area contributed by atoms with E-state index in [4.69, 9.17) is 15.6 Å². The summed E-state index contributed by atoms with van der Waals surface area (Å²) in [4.78, 5) is 21.7. The number of aromatic amines is 1. The monoisotopic (exact) mass is 518 g/mol. The van der Waals surface area contributed by atoms with Crippen LogP contribution in [0.1, 0.15) is 6.42 Å². The number of aliphatic carboxylic acids is 1. The van der Waals surface area contributed by atoms with E-state index in [0.29, 0.717) is 30.0 Å². The second-order valence-corrected chi connectivity index (χ2v) is 8.17. The molecule has 194 valence electrons. The van der Waals surface area contributed by atoms with Crippen molar-refractivity contribution in [3.63, 3.8) is 0 Å². The summed E-state index contributed by atoms with van der Waals surface area (Å²) < 4.78 is 51.4. The number of nitrogens with zero attached hydrogens (tertiary/aromatic N) is 4. The number of benzene rings is 2. The Balaban J connectivity index is 0.000000405. The summed E-state index contributed by atoms with van der Waals surface area (Å²) in [5, 5.41) is 15.6. The molecule has 0 atom stereocenters. The van der Waals surface area contributed by atoms with Crippen molar-refractivity contribution in [1.82, 2.24) is 23.9 Å². The number of hydrogen-bond donors (Lipinski definition) is 3. The lowest BCUT2D eigenvalue weighted by atomic mass is 10.1. The molecule has 0 aliphatic heterocycles. The van der Waals surface area contributed by atoms with Crippen molar-refractivity contribution >= 4 is 27.8 Å². The van der Waals surface area contributed by atoms with Crippen molar-refractivity contribution in [2.45, 2.75) is 19.1 Å². The van der Waals surface area contributed by atoms with Gasteiger partial charge < -0.3 is 20.0 Å². The normalized spacial score (nSPS) is 11.6. The molecular weight excluding hydrogens is 496 g/mol. The molecule has 0 spiro atoms. The topological polar surface area (TPSA) is 124 Å². The average Bonchev–Trinajstić information content (AvgIpc) is 3.50. The van der Waals surface area contributed by atoms with E-state index in [1.54, 1.807) is 6.07 Å². The summed E-state index contributed by atoms with van der Waals surface area (Å²) in [6.45, 7) is 1.22. The highest BCUT2D eigenvalue weighted by Gasteiger charge is 2.38. The lowest BCUT2D eigenvalue weighted by Crippen LogP contribution is -2.21. The van der Waals surface area contributed by atoms with E-state index < -0.39 is 12.1 Å². The van der Waals surface area contributed by atoms with Crippen LogP contribution in [0.15, 0.2) is 59.7 Å². The third-order valence-electron chi connectivity index (χ3n) is 5.72. The number of aryl methyl sites for hydroxylation is 2. The molecule has 0 amide bonds. The van der Waals surface area contributed by atoms with Gasteiger partial charge >= 0.3 is 17.8 Å². The number of nitrogens with one attached hydrogen (secondary N) is 1. The number of alkyl halides is 3. The van der Waals surface area contributed by atoms with E-state index in [2.05, 4.69) is 10.2 Å². The van der Waals surface area contributed by atoms with Gasteiger partial charge in [0.15, 0.2) is 5.82 Å². The zero-order valence-electron chi connectivity index (χ0n) is 19.5. The molecule has 0 fully saturated rings. The molecule has 9 nitrogen and oxygen atoms in total. The second kappa shape index (κ2) is 9.93. The predicted molar refractivity (Wildman–Crippen MR) is 129 cm³/mol. The third kappa shape index (κ3) is 4.98. The highest BCUT2D eigenvalue weighted by Crippen LogP contribution is 2.32. The number of carbonyl (C=O) groups is 1. The fourth-order valence-corrected chi connectivity index (χ4v) is 4.10. The van der Waals surface area contributed by atoms with E-state index in [1.165, 1.54) is 16.7 Å². The largest absolute Gasteiger partial charge is 0.490 e. The number of H-pyrrole nitrogens is 1. The van der Waals surface area contributed by atoms with Crippen LogP contribution in [0.2, 0.25) is 0 Å². The molecule has 13 heteroatoms. The average molecular weight is 518 g/mol. The van der Waals surface area contributed by atoms with Crippen molar-refractivity contribution in [2.75, 3.05) is 6.54 Å². The van der Waals surface area contributed by atoms with Crippen LogP contribution in [-0.2, 0) is 18.4 Å². The highest BCUT2D eigenvalue weighted by atomic mass is 19.4. The van der Waals surface area contributed by atoms with Crippen LogP contribution in [0, 0.1) is 5.82 Å². The van der Waals surface area contributed by atoms with E-state index in [9.17, 15) is 22.4 Å². The first-order chi connectivity index (χ1) is 17.5.